The summed E-state index contributed by atoms with van der Waals surface area (Å²) in [5, 5.41) is 29.8. The lowest BCUT2D eigenvalue weighted by atomic mass is 9.83. The van der Waals surface area contributed by atoms with E-state index in [9.17, 15) is 29.0 Å². The molecule has 0 unspecified atom stereocenters. The fourth-order valence-electron chi connectivity index (χ4n) is 6.34. The van der Waals surface area contributed by atoms with Crippen LogP contribution in [0, 0.1) is 60.6 Å². The summed E-state index contributed by atoms with van der Waals surface area (Å²) >= 11 is 0. The average molecular weight is 629 g/mol. The number of nitriles is 3. The first-order valence-corrected chi connectivity index (χ1v) is 14.0. The Bertz CT molecular complexity index is 2460. The van der Waals surface area contributed by atoms with Gasteiger partial charge in [0.05, 0.1) is 43.5 Å². The number of ether oxygens (including phenoxy) is 1. The van der Waals surface area contributed by atoms with E-state index in [0.29, 0.717) is 39.1 Å². The number of halogens is 3. The summed E-state index contributed by atoms with van der Waals surface area (Å²) < 4.78 is 45.1. The molecule has 0 spiro atoms. The van der Waals surface area contributed by atoms with Gasteiger partial charge in [-0.25, -0.2) is 25.1 Å². The molecule has 4 aromatic carbocycles. The fourth-order valence-corrected chi connectivity index (χ4v) is 6.34. The van der Waals surface area contributed by atoms with E-state index in [1.54, 1.807) is 48.5 Å². The number of aryl methyl sites for hydroxylation is 1. The van der Waals surface area contributed by atoms with Gasteiger partial charge in [-0.1, -0.05) is 60.2 Å². The second-order valence-electron chi connectivity index (χ2n) is 10.6. The molecule has 0 heterocycles. The molecule has 0 atom stereocenters. The SMILES string of the molecule is [C-]#[N+]/C(C#N)=C1C2=C(/C(=C(\C#N)[N+]#[C-])c3c2cccc3-c2ccc([N+]#[C-])cc2C)c2cccc(-c3ccc(C#N)cc3OC(F)(F)F)c2\1. The van der Waals surface area contributed by atoms with Crippen molar-refractivity contribution in [2.75, 3.05) is 0 Å². The number of rotatable bonds is 3. The molecule has 0 amide bonds. The van der Waals surface area contributed by atoms with Crippen molar-refractivity contribution in [3.63, 3.8) is 0 Å². The first kappa shape index (κ1) is 30.6. The van der Waals surface area contributed by atoms with E-state index < -0.39 is 12.1 Å². The summed E-state index contributed by atoms with van der Waals surface area (Å²) in [4.78, 5) is 10.5. The van der Waals surface area contributed by atoms with Crippen molar-refractivity contribution in [1.82, 2.24) is 0 Å². The highest BCUT2D eigenvalue weighted by Gasteiger charge is 2.42. The van der Waals surface area contributed by atoms with Crippen LogP contribution in [0.4, 0.5) is 18.9 Å². The van der Waals surface area contributed by atoms with Gasteiger partial charge in [0.2, 0.25) is 0 Å². The maximum absolute atomic E-state index is 13.6. The van der Waals surface area contributed by atoms with Gasteiger partial charge in [0, 0.05) is 16.7 Å². The standard InChI is InChI=1S/C38H15F3N6O/c1-20-15-22(45-2)12-14-23(20)25-7-5-9-27-32(25)36(29(18-43)46-3)35-28-10-6-8-26(33(28)37(34(27)35)30(19-44)47-4)24-13-11-21(17-42)16-31(24)48-38(39,40)41/h5-16H,1H3/b36-29+,37-30-. The van der Waals surface area contributed by atoms with Gasteiger partial charge in [-0.2, -0.15) is 5.26 Å². The van der Waals surface area contributed by atoms with E-state index in [1.165, 1.54) is 18.2 Å². The van der Waals surface area contributed by atoms with Crippen LogP contribution in [-0.4, -0.2) is 6.36 Å². The molecule has 0 saturated heterocycles. The lowest BCUT2D eigenvalue weighted by Gasteiger charge is -2.20. The monoisotopic (exact) mass is 628 g/mol. The predicted molar refractivity (Wildman–Crippen MR) is 171 cm³/mol. The topological polar surface area (TPSA) is 93.7 Å². The summed E-state index contributed by atoms with van der Waals surface area (Å²) in [5.74, 6) is -0.654. The lowest BCUT2D eigenvalue weighted by molar-refractivity contribution is -0.274. The van der Waals surface area contributed by atoms with Crippen molar-refractivity contribution >= 4 is 28.0 Å². The van der Waals surface area contributed by atoms with Crippen molar-refractivity contribution in [3.05, 3.63) is 152 Å². The molecule has 6 rings (SSSR count). The van der Waals surface area contributed by atoms with Crippen molar-refractivity contribution < 1.29 is 17.9 Å². The van der Waals surface area contributed by atoms with Gasteiger partial charge in [0.15, 0.2) is 5.69 Å². The number of hydrogen-bond acceptors (Lipinski definition) is 4. The summed E-state index contributed by atoms with van der Waals surface area (Å²) in [6, 6.07) is 24.6. The van der Waals surface area contributed by atoms with Crippen LogP contribution in [0.1, 0.15) is 33.4 Å². The first-order chi connectivity index (χ1) is 23.1. The fraction of sp³-hybridized carbons (Fsp3) is 0.0526. The summed E-state index contributed by atoms with van der Waals surface area (Å²) in [6.07, 6.45) is -5.10. The molecule has 0 radical (unpaired) electrons. The highest BCUT2D eigenvalue weighted by Crippen LogP contribution is 2.62. The summed E-state index contributed by atoms with van der Waals surface area (Å²) in [6.45, 7) is 25.1. The van der Waals surface area contributed by atoms with Crippen LogP contribution in [0.2, 0.25) is 0 Å². The minimum absolute atomic E-state index is 0.0511. The Morgan fingerprint density at radius 2 is 1.21 bits per heavy atom. The zero-order valence-corrected chi connectivity index (χ0v) is 24.7. The molecule has 4 aromatic rings. The molecule has 10 heteroatoms. The summed E-state index contributed by atoms with van der Waals surface area (Å²) in [7, 11) is 0. The van der Waals surface area contributed by atoms with Crippen LogP contribution >= 0.6 is 0 Å². The Hall–Kier alpha value is -7.37. The van der Waals surface area contributed by atoms with Gasteiger partial charge in [0.25, 0.3) is 11.4 Å². The minimum Gasteiger partial charge on any atom is -0.405 e. The second kappa shape index (κ2) is 11.5. The third kappa shape index (κ3) is 4.72. The van der Waals surface area contributed by atoms with Crippen molar-refractivity contribution in [3.8, 4) is 46.2 Å². The van der Waals surface area contributed by atoms with Crippen LogP contribution in [0.15, 0.2) is 84.2 Å². The molecule has 0 fully saturated rings. The zero-order valence-electron chi connectivity index (χ0n) is 24.7. The quantitative estimate of drug-likeness (QED) is 0.167. The second-order valence-corrected chi connectivity index (χ2v) is 10.6. The van der Waals surface area contributed by atoms with Gasteiger partial charge in [-0.3, -0.25) is 0 Å². The molecule has 224 valence electrons. The Kier molecular flexibility index (Phi) is 7.36. The molecule has 0 aliphatic heterocycles. The predicted octanol–water partition coefficient (Wildman–Crippen LogP) is 9.90. The largest absolute Gasteiger partial charge is 0.573 e. The molecule has 2 aliphatic carbocycles. The van der Waals surface area contributed by atoms with Gasteiger partial charge < -0.3 is 4.74 Å². The summed E-state index contributed by atoms with van der Waals surface area (Å²) in [5.41, 5.74) is 4.84. The van der Waals surface area contributed by atoms with Crippen LogP contribution in [-0.2, 0) is 0 Å². The third-order valence-corrected chi connectivity index (χ3v) is 8.08. The van der Waals surface area contributed by atoms with E-state index in [4.69, 9.17) is 19.7 Å². The van der Waals surface area contributed by atoms with E-state index in [1.807, 2.05) is 25.1 Å². The van der Waals surface area contributed by atoms with Gasteiger partial charge in [0.1, 0.15) is 5.75 Å². The van der Waals surface area contributed by atoms with Gasteiger partial charge >= 0.3 is 6.36 Å². The molecule has 0 aromatic heterocycles. The average Bonchev–Trinajstić information content (AvgIpc) is 3.59. The number of nitrogens with zero attached hydrogens (tertiary/aromatic N) is 6. The lowest BCUT2D eigenvalue weighted by Crippen LogP contribution is -2.17. The molecule has 48 heavy (non-hydrogen) atoms. The maximum atomic E-state index is 13.6. The molecular weight excluding hydrogens is 613 g/mol. The Morgan fingerprint density at radius 3 is 1.67 bits per heavy atom. The van der Waals surface area contributed by atoms with Crippen LogP contribution in [0.3, 0.4) is 0 Å². The number of hydrogen-bond donors (Lipinski definition) is 0. The van der Waals surface area contributed by atoms with E-state index in [2.05, 4.69) is 19.3 Å². The molecule has 2 aliphatic rings. The van der Waals surface area contributed by atoms with E-state index in [0.717, 1.165) is 17.2 Å². The van der Waals surface area contributed by atoms with Crippen molar-refractivity contribution in [2.45, 2.75) is 13.3 Å². The maximum Gasteiger partial charge on any atom is 0.573 e. The minimum atomic E-state index is -5.10. The number of alkyl halides is 3. The highest BCUT2D eigenvalue weighted by molar-refractivity contribution is 6.39. The highest BCUT2D eigenvalue weighted by atomic mass is 19.4. The van der Waals surface area contributed by atoms with Crippen LogP contribution in [0.5, 0.6) is 5.75 Å². The Morgan fingerprint density at radius 1 is 0.688 bits per heavy atom. The Balaban J connectivity index is 1.73. The molecular formula is C38H15F3N6O. The molecule has 0 N–H and O–H groups in total. The molecule has 0 bridgehead atoms. The van der Waals surface area contributed by atoms with Crippen molar-refractivity contribution in [2.24, 2.45) is 0 Å². The number of benzene rings is 4. The smallest absolute Gasteiger partial charge is 0.405 e. The normalized spacial score (nSPS) is 14.5. The first-order valence-electron chi connectivity index (χ1n) is 14.0. The molecule has 0 saturated carbocycles. The van der Waals surface area contributed by atoms with Gasteiger partial charge in [-0.05, 0) is 75.2 Å². The Labute approximate surface area is 272 Å². The van der Waals surface area contributed by atoms with Crippen LogP contribution in [0.25, 0.3) is 59.1 Å². The van der Waals surface area contributed by atoms with Crippen LogP contribution < -0.4 is 4.74 Å². The number of fused-ring (bicyclic) bond motifs is 4. The van der Waals surface area contributed by atoms with E-state index >= 15 is 0 Å². The third-order valence-electron chi connectivity index (χ3n) is 8.08. The number of allylic oxidation sites excluding steroid dienone is 6. The molecule has 7 nitrogen and oxygen atoms in total. The van der Waals surface area contributed by atoms with E-state index in [-0.39, 0.29) is 44.8 Å². The van der Waals surface area contributed by atoms with Gasteiger partial charge in [-0.15, -0.1) is 13.2 Å². The zero-order chi connectivity index (χ0) is 34.3. The van der Waals surface area contributed by atoms with Crippen molar-refractivity contribution in [1.29, 1.82) is 15.8 Å².